The average Bonchev–Trinajstić information content (AvgIpc) is 3.43. The second-order valence-corrected chi connectivity index (χ2v) is 9.16. The molecule has 1 aromatic rings. The summed E-state index contributed by atoms with van der Waals surface area (Å²) in [5.41, 5.74) is 2.72. The van der Waals surface area contributed by atoms with Crippen molar-refractivity contribution in [1.82, 2.24) is 4.90 Å². The van der Waals surface area contributed by atoms with E-state index in [0.29, 0.717) is 17.5 Å². The van der Waals surface area contributed by atoms with Gasteiger partial charge in [0.1, 0.15) is 6.54 Å². The van der Waals surface area contributed by atoms with Crippen molar-refractivity contribution in [3.8, 4) is 0 Å². The molecule has 1 aliphatic heterocycles. The monoisotopic (exact) mass is 428 g/mol. The lowest BCUT2D eigenvalue weighted by Crippen LogP contribution is -2.40. The van der Waals surface area contributed by atoms with Crippen LogP contribution in [0.25, 0.3) is 0 Å². The number of carbonyl (C=O) groups excluding carboxylic acids is 3. The Morgan fingerprint density at radius 3 is 2.26 bits per heavy atom. The third kappa shape index (κ3) is 2.38. The van der Waals surface area contributed by atoms with Crippen molar-refractivity contribution in [3.05, 3.63) is 39.9 Å². The Morgan fingerprint density at radius 1 is 1.07 bits per heavy atom. The highest BCUT2D eigenvalue weighted by Gasteiger charge is 2.67. The van der Waals surface area contributed by atoms with Gasteiger partial charge >= 0.3 is 0 Å². The van der Waals surface area contributed by atoms with E-state index in [1.54, 1.807) is 0 Å². The van der Waals surface area contributed by atoms with Gasteiger partial charge in [-0.25, -0.2) is 0 Å². The quantitative estimate of drug-likeness (QED) is 0.594. The molecule has 3 amide bonds. The number of halogens is 1. The smallest absolute Gasteiger partial charge is 0.244 e. The third-order valence-corrected chi connectivity index (χ3v) is 7.91. The third-order valence-electron chi connectivity index (χ3n) is 7.05. The molecule has 5 aliphatic rings. The van der Waals surface area contributed by atoms with Gasteiger partial charge < -0.3 is 5.32 Å². The summed E-state index contributed by atoms with van der Waals surface area (Å²) in [6.45, 7) is 3.71. The number of benzene rings is 1. The topological polar surface area (TPSA) is 66.5 Å². The fraction of sp³-hybridized carbons (Fsp3) is 0.476. The number of rotatable bonds is 3. The van der Waals surface area contributed by atoms with Crippen LogP contribution in [-0.4, -0.2) is 29.2 Å². The van der Waals surface area contributed by atoms with Crippen LogP contribution in [0.3, 0.4) is 0 Å². The highest BCUT2D eigenvalue weighted by Crippen LogP contribution is 2.65. The van der Waals surface area contributed by atoms with Crippen LogP contribution >= 0.6 is 15.9 Å². The summed E-state index contributed by atoms with van der Waals surface area (Å²) in [7, 11) is 0. The maximum Gasteiger partial charge on any atom is 0.244 e. The molecule has 0 spiro atoms. The zero-order chi connectivity index (χ0) is 19.0. The molecule has 6 atom stereocenters. The molecular formula is C21H21BrN2O3. The van der Waals surface area contributed by atoms with Gasteiger partial charge in [-0.15, -0.1) is 0 Å². The predicted molar refractivity (Wildman–Crippen MR) is 104 cm³/mol. The van der Waals surface area contributed by atoms with E-state index in [-0.39, 0.29) is 47.9 Å². The summed E-state index contributed by atoms with van der Waals surface area (Å²) < 4.78 is 0.980. The molecule has 1 heterocycles. The number of nitrogens with zero attached hydrogens (tertiary/aromatic N) is 1. The summed E-state index contributed by atoms with van der Waals surface area (Å²) in [5, 5.41) is 2.86. The minimum absolute atomic E-state index is 0.159. The van der Waals surface area contributed by atoms with E-state index in [4.69, 9.17) is 0 Å². The van der Waals surface area contributed by atoms with Gasteiger partial charge in [0.05, 0.1) is 11.8 Å². The first-order valence-electron chi connectivity index (χ1n) is 9.47. The first-order chi connectivity index (χ1) is 12.9. The Bertz CT molecular complexity index is 888. The number of imide groups is 1. The first kappa shape index (κ1) is 17.2. The van der Waals surface area contributed by atoms with Crippen LogP contribution in [0.15, 0.2) is 28.8 Å². The molecular weight excluding hydrogens is 408 g/mol. The molecule has 140 valence electrons. The number of nitrogens with one attached hydrogen (secondary N) is 1. The lowest BCUT2D eigenvalue weighted by atomic mass is 9.63. The molecule has 27 heavy (non-hydrogen) atoms. The Balaban J connectivity index is 1.33. The van der Waals surface area contributed by atoms with Crippen LogP contribution in [0.4, 0.5) is 5.69 Å². The van der Waals surface area contributed by atoms with Crippen molar-refractivity contribution in [2.24, 2.45) is 35.5 Å². The number of hydrogen-bond donors (Lipinski definition) is 1. The molecule has 4 aliphatic carbocycles. The van der Waals surface area contributed by atoms with Gasteiger partial charge in [0.15, 0.2) is 0 Å². The molecule has 1 aromatic carbocycles. The fourth-order valence-electron chi connectivity index (χ4n) is 5.43. The maximum atomic E-state index is 12.9. The Hall–Kier alpha value is -1.95. The van der Waals surface area contributed by atoms with E-state index in [2.05, 4.69) is 33.4 Å². The number of amides is 3. The highest BCUT2D eigenvalue weighted by atomic mass is 79.9. The van der Waals surface area contributed by atoms with Crippen molar-refractivity contribution < 1.29 is 14.4 Å². The second kappa shape index (κ2) is 5.77. The molecule has 1 saturated heterocycles. The van der Waals surface area contributed by atoms with Gasteiger partial charge in [0, 0.05) is 10.2 Å². The predicted octanol–water partition coefficient (Wildman–Crippen LogP) is 3.06. The summed E-state index contributed by atoms with van der Waals surface area (Å²) >= 11 is 3.48. The van der Waals surface area contributed by atoms with Crippen LogP contribution in [0.2, 0.25) is 0 Å². The Labute approximate surface area is 166 Å². The standard InChI is InChI=1S/C21H21BrN2O3/c1-9-10(2)16(6-5-15(9)22)23-17(25)8-24-20(26)18-11-3-4-12(14-7-13(11)14)19(18)21(24)27/h3-6,11-14,18-19H,7-8H2,1-2H3,(H,23,25)/t11-,12-,13-,14+,18+,19+/m0/s1. The van der Waals surface area contributed by atoms with Crippen molar-refractivity contribution in [2.45, 2.75) is 20.3 Å². The zero-order valence-electron chi connectivity index (χ0n) is 15.2. The molecule has 1 N–H and O–H groups in total. The molecule has 0 radical (unpaired) electrons. The van der Waals surface area contributed by atoms with Crippen molar-refractivity contribution in [1.29, 1.82) is 0 Å². The number of hydrogen-bond acceptors (Lipinski definition) is 3. The van der Waals surface area contributed by atoms with Gasteiger partial charge in [0.25, 0.3) is 0 Å². The van der Waals surface area contributed by atoms with Gasteiger partial charge in [-0.1, -0.05) is 28.1 Å². The summed E-state index contributed by atoms with van der Waals surface area (Å²) in [6.07, 6.45) is 5.42. The Kier molecular flexibility index (Phi) is 3.67. The average molecular weight is 429 g/mol. The zero-order valence-corrected chi connectivity index (χ0v) is 16.8. The molecule has 0 aromatic heterocycles. The number of anilines is 1. The van der Waals surface area contributed by atoms with E-state index in [1.165, 1.54) is 4.90 Å². The van der Waals surface area contributed by atoms with E-state index < -0.39 is 0 Å². The van der Waals surface area contributed by atoms with E-state index in [1.807, 2.05) is 26.0 Å². The summed E-state index contributed by atoms with van der Waals surface area (Å²) in [4.78, 5) is 39.7. The van der Waals surface area contributed by atoms with Crippen LogP contribution in [0, 0.1) is 49.4 Å². The lowest BCUT2D eigenvalue weighted by Gasteiger charge is -2.37. The number of carbonyl (C=O) groups is 3. The lowest BCUT2D eigenvalue weighted by molar-refractivity contribution is -0.142. The minimum atomic E-state index is -0.328. The van der Waals surface area contributed by atoms with Gasteiger partial charge in [-0.05, 0) is 67.2 Å². The molecule has 6 heteroatoms. The molecule has 3 fully saturated rings. The maximum absolute atomic E-state index is 12.9. The molecule has 6 rings (SSSR count). The normalized spacial score (nSPS) is 35.3. The van der Waals surface area contributed by atoms with E-state index >= 15 is 0 Å². The van der Waals surface area contributed by atoms with E-state index in [0.717, 1.165) is 22.0 Å². The SMILES string of the molecule is Cc1c(Br)ccc(NC(=O)CN2C(=O)[C@@H]3[C@H]4C=C[C@@H]([C@@H]5C[C@H]45)[C@H]3C2=O)c1C. The number of allylic oxidation sites excluding steroid dienone is 2. The second-order valence-electron chi connectivity index (χ2n) is 8.31. The minimum Gasteiger partial charge on any atom is -0.324 e. The van der Waals surface area contributed by atoms with Crippen LogP contribution < -0.4 is 5.32 Å². The molecule has 0 unspecified atom stereocenters. The fourth-order valence-corrected chi connectivity index (χ4v) is 5.86. The van der Waals surface area contributed by atoms with Gasteiger partial charge in [-0.2, -0.15) is 0 Å². The van der Waals surface area contributed by atoms with Crippen LogP contribution in [0.5, 0.6) is 0 Å². The molecule has 2 saturated carbocycles. The molecule has 2 bridgehead atoms. The van der Waals surface area contributed by atoms with Crippen molar-refractivity contribution in [3.63, 3.8) is 0 Å². The first-order valence-corrected chi connectivity index (χ1v) is 10.3. The van der Waals surface area contributed by atoms with Crippen LogP contribution in [-0.2, 0) is 14.4 Å². The van der Waals surface area contributed by atoms with Crippen LogP contribution in [0.1, 0.15) is 17.5 Å². The highest BCUT2D eigenvalue weighted by molar-refractivity contribution is 9.10. The summed E-state index contributed by atoms with van der Waals surface area (Å²) in [5.74, 6) is 0.367. The molecule has 5 nitrogen and oxygen atoms in total. The van der Waals surface area contributed by atoms with Gasteiger partial charge in [0.2, 0.25) is 17.7 Å². The summed E-state index contributed by atoms with van der Waals surface area (Å²) in [6, 6.07) is 3.71. The number of likely N-dealkylation sites (tertiary alicyclic amines) is 1. The largest absolute Gasteiger partial charge is 0.324 e. The van der Waals surface area contributed by atoms with E-state index in [9.17, 15) is 14.4 Å². The van der Waals surface area contributed by atoms with Crippen molar-refractivity contribution >= 4 is 39.3 Å². The van der Waals surface area contributed by atoms with Gasteiger partial charge in [-0.3, -0.25) is 19.3 Å². The van der Waals surface area contributed by atoms with Crippen molar-refractivity contribution in [2.75, 3.05) is 11.9 Å². The Morgan fingerprint density at radius 2 is 1.67 bits per heavy atom.